The van der Waals surface area contributed by atoms with Crippen molar-refractivity contribution in [3.8, 4) is 39.8 Å². The van der Waals surface area contributed by atoms with Crippen LogP contribution >= 0.6 is 0 Å². The van der Waals surface area contributed by atoms with Crippen molar-refractivity contribution in [3.63, 3.8) is 0 Å². The van der Waals surface area contributed by atoms with Gasteiger partial charge in [0.25, 0.3) is 0 Å². The number of hydrogen-bond donors (Lipinski definition) is 1. The third-order valence-electron chi connectivity index (χ3n) is 11.3. The number of rotatable bonds is 7. The molecule has 0 fully saturated rings. The molecule has 8 rings (SSSR count). The van der Waals surface area contributed by atoms with Crippen molar-refractivity contribution in [2.45, 2.75) is 58.5 Å². The maximum atomic E-state index is 11.4. The molecule has 1 aromatic heterocycles. The van der Waals surface area contributed by atoms with Crippen LogP contribution in [-0.2, 0) is 0 Å². The van der Waals surface area contributed by atoms with Crippen LogP contribution in [0.5, 0.6) is 17.2 Å². The van der Waals surface area contributed by atoms with Crippen LogP contribution in [0.15, 0.2) is 115 Å². The van der Waals surface area contributed by atoms with Gasteiger partial charge in [0.05, 0.1) is 24.1 Å². The van der Waals surface area contributed by atoms with Gasteiger partial charge >= 0.3 is 0 Å². The Kier molecular flexibility index (Phi) is 7.98. The van der Waals surface area contributed by atoms with Crippen molar-refractivity contribution in [2.75, 3.05) is 7.11 Å². The van der Waals surface area contributed by atoms with Gasteiger partial charge in [-0.3, -0.25) is 0 Å². The molecule has 51 heavy (non-hydrogen) atoms. The molecule has 5 heteroatoms. The maximum Gasteiger partial charge on any atom is 0.163 e. The molecule has 4 aliphatic carbocycles. The fraction of sp³-hybridized carbons (Fsp3) is 0.261. The van der Waals surface area contributed by atoms with Crippen molar-refractivity contribution in [2.24, 2.45) is 11.3 Å². The summed E-state index contributed by atoms with van der Waals surface area (Å²) < 4.78 is 12.2. The lowest BCUT2D eigenvalue weighted by atomic mass is 9.65. The first-order valence-corrected chi connectivity index (χ1v) is 17.9. The number of aromatic hydroxyl groups is 1. The van der Waals surface area contributed by atoms with E-state index >= 15 is 0 Å². The summed E-state index contributed by atoms with van der Waals surface area (Å²) in [6.45, 7) is 10.6. The van der Waals surface area contributed by atoms with Gasteiger partial charge in [0, 0.05) is 34.8 Å². The average Bonchev–Trinajstić information content (AvgIpc) is 3.13. The molecule has 256 valence electrons. The summed E-state index contributed by atoms with van der Waals surface area (Å²) in [6.07, 6.45) is 23.0. The van der Waals surface area contributed by atoms with Gasteiger partial charge in [-0.05, 0) is 77.9 Å². The molecular weight excluding hydrogens is 629 g/mol. The molecular formula is C46H44N2O3. The van der Waals surface area contributed by atoms with E-state index < -0.39 is 5.60 Å². The molecule has 3 atom stereocenters. The number of hydrogen-bond acceptors (Lipinski definition) is 5. The number of phenols is 1. The van der Waals surface area contributed by atoms with Gasteiger partial charge in [0.2, 0.25) is 0 Å². The second-order valence-corrected chi connectivity index (χ2v) is 15.4. The number of nitrogens with zero attached hydrogens (tertiary/aromatic N) is 2. The first-order chi connectivity index (χ1) is 24.5. The molecule has 0 spiro atoms. The lowest BCUT2D eigenvalue weighted by Crippen LogP contribution is -2.42. The van der Waals surface area contributed by atoms with Crippen LogP contribution in [0.4, 0.5) is 0 Å². The zero-order chi connectivity index (χ0) is 35.5. The molecule has 1 N–H and O–H groups in total. The van der Waals surface area contributed by atoms with Crippen LogP contribution < -0.4 is 9.47 Å². The van der Waals surface area contributed by atoms with E-state index in [0.717, 1.165) is 34.7 Å². The molecule has 0 saturated heterocycles. The fourth-order valence-electron chi connectivity index (χ4n) is 7.51. The minimum atomic E-state index is -0.445. The van der Waals surface area contributed by atoms with Crippen LogP contribution in [0.3, 0.4) is 0 Å². The molecule has 0 bridgehead atoms. The normalized spacial score (nSPS) is 20.1. The van der Waals surface area contributed by atoms with Crippen molar-refractivity contribution < 1.29 is 14.6 Å². The number of para-hydroxylation sites is 1. The number of phenolic OH excluding ortho intramolecular Hbond substituents is 1. The first kappa shape index (κ1) is 32.8. The third-order valence-corrected chi connectivity index (χ3v) is 11.3. The summed E-state index contributed by atoms with van der Waals surface area (Å²) in [5.74, 6) is 2.41. The van der Waals surface area contributed by atoms with Gasteiger partial charge in [-0.15, -0.1) is 0 Å². The summed E-state index contributed by atoms with van der Waals surface area (Å²) in [5.41, 5.74) is 10.3. The lowest BCUT2D eigenvalue weighted by Gasteiger charge is -2.39. The molecule has 1 heterocycles. The molecule has 4 aliphatic rings. The van der Waals surface area contributed by atoms with Crippen LogP contribution in [0, 0.1) is 11.3 Å². The summed E-state index contributed by atoms with van der Waals surface area (Å²) in [7, 11) is 1.73. The van der Waals surface area contributed by atoms with E-state index in [1.807, 2.05) is 24.3 Å². The molecule has 3 aromatic carbocycles. The Morgan fingerprint density at radius 3 is 2.39 bits per heavy atom. The Morgan fingerprint density at radius 1 is 0.804 bits per heavy atom. The van der Waals surface area contributed by atoms with Crippen molar-refractivity contribution in [1.29, 1.82) is 0 Å². The monoisotopic (exact) mass is 672 g/mol. The third kappa shape index (κ3) is 5.75. The van der Waals surface area contributed by atoms with Crippen molar-refractivity contribution >= 4 is 17.7 Å². The van der Waals surface area contributed by atoms with E-state index in [2.05, 4.69) is 126 Å². The number of allylic oxidation sites excluding steroid dienone is 10. The molecule has 0 saturated carbocycles. The van der Waals surface area contributed by atoms with Crippen LogP contribution in [0.1, 0.15) is 81.0 Å². The molecule has 0 aliphatic heterocycles. The molecule has 5 nitrogen and oxygen atoms in total. The molecule has 4 aromatic rings. The quantitative estimate of drug-likeness (QED) is 0.212. The lowest BCUT2D eigenvalue weighted by molar-refractivity contribution is 0.000691. The minimum absolute atomic E-state index is 0.0792. The fourth-order valence-corrected chi connectivity index (χ4v) is 7.51. The van der Waals surface area contributed by atoms with E-state index in [0.29, 0.717) is 17.1 Å². The number of methoxy groups -OCH3 is 1. The highest BCUT2D eigenvalue weighted by atomic mass is 16.5. The number of ether oxygens (including phenoxy) is 2. The standard InChI is InChI=1S/C46H44N2O3/c1-45(2,3)46(4,5)51-31-20-25-37(40(49)26-31)44-47-38(28-12-8-7-9-13-28)27-39(48-44)33-22-17-30-18-23-35-32(34-14-10-11-15-41(34)50-6)21-16-29-19-24-36(33)43(30)42(29)35/h7-12,14-28,36,43,49H,13H2,1-6H3. The summed E-state index contributed by atoms with van der Waals surface area (Å²) >= 11 is 0. The largest absolute Gasteiger partial charge is 0.507 e. The SMILES string of the molecule is COc1ccccc1-c1ccc2c3c1C=CC1=CC=C(c4cc(C5C=CC=CC5)nc(-c5ccc(OC(C)(C)C(C)(C)C)cc5O)n4)C(C=C2)C13. The Bertz CT molecular complexity index is 2240. The second-order valence-electron chi connectivity index (χ2n) is 15.4. The summed E-state index contributed by atoms with van der Waals surface area (Å²) in [4.78, 5) is 10.3. The van der Waals surface area contributed by atoms with Gasteiger partial charge in [-0.1, -0.05) is 112 Å². The van der Waals surface area contributed by atoms with Crippen LogP contribution in [0.2, 0.25) is 0 Å². The Morgan fingerprint density at radius 2 is 1.63 bits per heavy atom. The van der Waals surface area contributed by atoms with Crippen LogP contribution in [-0.4, -0.2) is 27.8 Å². The van der Waals surface area contributed by atoms with E-state index in [9.17, 15) is 5.11 Å². The molecule has 3 unspecified atom stereocenters. The van der Waals surface area contributed by atoms with Crippen molar-refractivity contribution in [1.82, 2.24) is 9.97 Å². The minimum Gasteiger partial charge on any atom is -0.507 e. The van der Waals surface area contributed by atoms with Crippen molar-refractivity contribution in [3.05, 3.63) is 143 Å². The number of aromatic nitrogens is 2. The topological polar surface area (TPSA) is 64.5 Å². The predicted molar refractivity (Wildman–Crippen MR) is 208 cm³/mol. The van der Waals surface area contributed by atoms with Gasteiger partial charge in [-0.25, -0.2) is 9.97 Å². The van der Waals surface area contributed by atoms with E-state index in [1.165, 1.54) is 27.8 Å². The zero-order valence-electron chi connectivity index (χ0n) is 30.1. The van der Waals surface area contributed by atoms with Gasteiger partial charge in [-0.2, -0.15) is 0 Å². The Labute approximate surface area is 301 Å². The van der Waals surface area contributed by atoms with Gasteiger partial charge in [0.15, 0.2) is 5.82 Å². The maximum absolute atomic E-state index is 11.4. The van der Waals surface area contributed by atoms with E-state index in [1.54, 1.807) is 13.2 Å². The van der Waals surface area contributed by atoms with E-state index in [4.69, 9.17) is 19.4 Å². The summed E-state index contributed by atoms with van der Waals surface area (Å²) in [5, 5.41) is 11.4. The zero-order valence-corrected chi connectivity index (χ0v) is 30.1. The number of benzene rings is 3. The van der Waals surface area contributed by atoms with Crippen LogP contribution in [0.25, 0.3) is 40.2 Å². The van der Waals surface area contributed by atoms with Gasteiger partial charge < -0.3 is 14.6 Å². The average molecular weight is 673 g/mol. The highest BCUT2D eigenvalue weighted by Gasteiger charge is 2.38. The van der Waals surface area contributed by atoms with E-state index in [-0.39, 0.29) is 28.9 Å². The first-order valence-electron chi connectivity index (χ1n) is 17.9. The Balaban J connectivity index is 1.22. The molecule has 0 radical (unpaired) electrons. The predicted octanol–water partition coefficient (Wildman–Crippen LogP) is 11.1. The molecule has 0 amide bonds. The Hall–Kier alpha value is -5.42. The highest BCUT2D eigenvalue weighted by molar-refractivity contribution is 5.89. The smallest absolute Gasteiger partial charge is 0.163 e. The summed E-state index contributed by atoms with van der Waals surface area (Å²) in [6, 6.07) is 20.3. The second kappa shape index (κ2) is 12.4. The van der Waals surface area contributed by atoms with Gasteiger partial charge in [0.1, 0.15) is 22.8 Å². The highest BCUT2D eigenvalue weighted by Crippen LogP contribution is 2.53.